The molecule has 33 heavy (non-hydrogen) atoms. The molecule has 0 fully saturated rings. The van der Waals surface area contributed by atoms with Gasteiger partial charge in [0.2, 0.25) is 0 Å². The smallest absolute Gasteiger partial charge is 0.319 e. The molecular weight excluding hydrogens is 448 g/mol. The molecule has 0 bridgehead atoms. The molecule has 0 aliphatic carbocycles. The van der Waals surface area contributed by atoms with Crippen molar-refractivity contribution in [3.63, 3.8) is 0 Å². The van der Waals surface area contributed by atoms with Crippen LogP contribution in [0.5, 0.6) is 17.2 Å². The summed E-state index contributed by atoms with van der Waals surface area (Å²) < 4.78 is 33.0. The summed E-state index contributed by atoms with van der Waals surface area (Å²) in [6, 6.07) is 15.8. The van der Waals surface area contributed by atoms with Gasteiger partial charge in [-0.25, -0.2) is 4.79 Å². The SMILES string of the molecule is CNC(=O)c1cc(Oc2ccc(CNC(=O)Nc3cccc(OS(C)(=O)=O)c3)cc2)ccn1. The Labute approximate surface area is 191 Å². The van der Waals surface area contributed by atoms with E-state index < -0.39 is 16.1 Å². The highest BCUT2D eigenvalue weighted by molar-refractivity contribution is 7.86. The van der Waals surface area contributed by atoms with E-state index in [0.29, 0.717) is 17.2 Å². The highest BCUT2D eigenvalue weighted by Gasteiger charge is 2.08. The molecule has 1 heterocycles. The fourth-order valence-corrected chi connectivity index (χ4v) is 3.15. The Morgan fingerprint density at radius 2 is 1.73 bits per heavy atom. The van der Waals surface area contributed by atoms with E-state index in [9.17, 15) is 18.0 Å². The highest BCUT2D eigenvalue weighted by Crippen LogP contribution is 2.22. The quantitative estimate of drug-likeness (QED) is 0.431. The second-order valence-corrected chi connectivity index (χ2v) is 8.40. The van der Waals surface area contributed by atoms with Gasteiger partial charge in [-0.15, -0.1) is 0 Å². The lowest BCUT2D eigenvalue weighted by Gasteiger charge is -2.10. The van der Waals surface area contributed by atoms with Gasteiger partial charge in [0.15, 0.2) is 0 Å². The molecule has 11 heteroatoms. The van der Waals surface area contributed by atoms with Crippen molar-refractivity contribution < 1.29 is 26.9 Å². The number of anilines is 1. The Hall–Kier alpha value is -4.12. The van der Waals surface area contributed by atoms with E-state index in [-0.39, 0.29) is 23.9 Å². The van der Waals surface area contributed by atoms with Crippen LogP contribution in [0, 0.1) is 0 Å². The van der Waals surface area contributed by atoms with Crippen LogP contribution in [0.3, 0.4) is 0 Å². The molecule has 3 amide bonds. The second-order valence-electron chi connectivity index (χ2n) is 6.82. The van der Waals surface area contributed by atoms with Crippen molar-refractivity contribution >= 4 is 27.7 Å². The summed E-state index contributed by atoms with van der Waals surface area (Å²) in [5.41, 5.74) is 1.45. The number of ether oxygens (including phenoxy) is 1. The number of amides is 3. The van der Waals surface area contributed by atoms with Crippen LogP contribution in [-0.2, 0) is 16.7 Å². The van der Waals surface area contributed by atoms with Crippen molar-refractivity contribution in [1.29, 1.82) is 0 Å². The molecule has 3 N–H and O–H groups in total. The van der Waals surface area contributed by atoms with Gasteiger partial charge in [-0.2, -0.15) is 8.42 Å². The minimum atomic E-state index is -3.66. The van der Waals surface area contributed by atoms with Gasteiger partial charge in [0.25, 0.3) is 5.91 Å². The summed E-state index contributed by atoms with van der Waals surface area (Å²) in [7, 11) is -2.14. The lowest BCUT2D eigenvalue weighted by Crippen LogP contribution is -2.28. The third-order valence-corrected chi connectivity index (χ3v) is 4.64. The van der Waals surface area contributed by atoms with Crippen molar-refractivity contribution in [3.8, 4) is 17.2 Å². The molecule has 0 saturated carbocycles. The summed E-state index contributed by atoms with van der Waals surface area (Å²) >= 11 is 0. The number of nitrogens with one attached hydrogen (secondary N) is 3. The lowest BCUT2D eigenvalue weighted by atomic mass is 10.2. The Kier molecular flexibility index (Phi) is 7.46. The molecule has 0 atom stereocenters. The summed E-state index contributed by atoms with van der Waals surface area (Å²) in [6.07, 6.45) is 2.43. The van der Waals surface area contributed by atoms with Crippen LogP contribution in [0.1, 0.15) is 16.1 Å². The number of benzene rings is 2. The van der Waals surface area contributed by atoms with Crippen LogP contribution in [0.4, 0.5) is 10.5 Å². The summed E-state index contributed by atoms with van der Waals surface area (Å²) in [5.74, 6) is 0.813. The molecule has 0 spiro atoms. The number of carbonyl (C=O) groups excluding carboxylic acids is 2. The van der Waals surface area contributed by atoms with E-state index in [1.807, 2.05) is 0 Å². The molecule has 3 rings (SSSR count). The maximum Gasteiger partial charge on any atom is 0.319 e. The molecule has 3 aromatic rings. The molecule has 0 aliphatic heterocycles. The number of rotatable bonds is 8. The van der Waals surface area contributed by atoms with Crippen LogP contribution >= 0.6 is 0 Å². The Balaban J connectivity index is 1.53. The first-order valence-electron chi connectivity index (χ1n) is 9.71. The monoisotopic (exact) mass is 470 g/mol. The molecule has 1 aromatic heterocycles. The van der Waals surface area contributed by atoms with Gasteiger partial charge in [-0.1, -0.05) is 18.2 Å². The first-order chi connectivity index (χ1) is 15.7. The summed E-state index contributed by atoms with van der Waals surface area (Å²) in [6.45, 7) is 0.252. The standard InChI is InChI=1S/C22H22N4O6S/c1-23-21(27)20-13-18(10-11-24-20)31-17-8-6-15(7-9-17)14-25-22(28)26-16-4-3-5-19(12-16)32-33(2,29)30/h3-13H,14H2,1-2H3,(H,23,27)(H2,25,26,28). The minimum Gasteiger partial charge on any atom is -0.457 e. The number of urea groups is 1. The molecule has 0 aliphatic rings. The molecule has 0 saturated heterocycles. The minimum absolute atomic E-state index is 0.0996. The number of aromatic nitrogens is 1. The van der Waals surface area contributed by atoms with Crippen molar-refractivity contribution in [2.24, 2.45) is 0 Å². The van der Waals surface area contributed by atoms with Crippen LogP contribution < -0.4 is 24.9 Å². The average Bonchev–Trinajstić information content (AvgIpc) is 2.77. The van der Waals surface area contributed by atoms with Crippen LogP contribution in [0.2, 0.25) is 0 Å². The number of pyridine rings is 1. The van der Waals surface area contributed by atoms with Crippen molar-refractivity contribution in [3.05, 3.63) is 78.1 Å². The fraction of sp³-hybridized carbons (Fsp3) is 0.136. The molecule has 2 aromatic carbocycles. The predicted octanol–water partition coefficient (Wildman–Crippen LogP) is 2.89. The first kappa shape index (κ1) is 23.5. The summed E-state index contributed by atoms with van der Waals surface area (Å²) in [5, 5.41) is 7.82. The van der Waals surface area contributed by atoms with Crippen LogP contribution in [-0.4, -0.2) is 38.6 Å². The van der Waals surface area contributed by atoms with Gasteiger partial charge >= 0.3 is 16.1 Å². The van der Waals surface area contributed by atoms with E-state index in [2.05, 4.69) is 20.9 Å². The van der Waals surface area contributed by atoms with E-state index in [1.165, 1.54) is 31.4 Å². The first-order valence-corrected chi connectivity index (χ1v) is 11.5. The third-order valence-electron chi connectivity index (χ3n) is 4.14. The van der Waals surface area contributed by atoms with E-state index in [1.54, 1.807) is 42.5 Å². The lowest BCUT2D eigenvalue weighted by molar-refractivity contribution is 0.0957. The Bertz CT molecular complexity index is 1250. The summed E-state index contributed by atoms with van der Waals surface area (Å²) in [4.78, 5) is 27.8. The van der Waals surface area contributed by atoms with Gasteiger partial charge < -0.3 is 24.9 Å². The van der Waals surface area contributed by atoms with Crippen LogP contribution in [0.15, 0.2) is 66.9 Å². The van der Waals surface area contributed by atoms with Gasteiger partial charge in [0, 0.05) is 37.6 Å². The van der Waals surface area contributed by atoms with E-state index >= 15 is 0 Å². The molecule has 172 valence electrons. The maximum atomic E-state index is 12.2. The van der Waals surface area contributed by atoms with Crippen molar-refractivity contribution in [1.82, 2.24) is 15.6 Å². The number of carbonyl (C=O) groups is 2. The number of hydrogen-bond donors (Lipinski definition) is 3. The second kappa shape index (κ2) is 10.5. The largest absolute Gasteiger partial charge is 0.457 e. The van der Waals surface area contributed by atoms with Gasteiger partial charge in [0.1, 0.15) is 22.9 Å². The zero-order valence-electron chi connectivity index (χ0n) is 17.9. The predicted molar refractivity (Wildman–Crippen MR) is 122 cm³/mol. The number of nitrogens with zero attached hydrogens (tertiary/aromatic N) is 1. The fourth-order valence-electron chi connectivity index (χ4n) is 2.70. The third kappa shape index (κ3) is 7.51. The average molecular weight is 471 g/mol. The van der Waals surface area contributed by atoms with Crippen LogP contribution in [0.25, 0.3) is 0 Å². The van der Waals surface area contributed by atoms with Gasteiger partial charge in [-0.3, -0.25) is 9.78 Å². The number of hydrogen-bond acceptors (Lipinski definition) is 7. The normalized spacial score (nSPS) is 10.7. The van der Waals surface area contributed by atoms with Gasteiger partial charge in [0.05, 0.1) is 6.26 Å². The van der Waals surface area contributed by atoms with E-state index in [0.717, 1.165) is 11.8 Å². The highest BCUT2D eigenvalue weighted by atomic mass is 32.2. The Morgan fingerprint density at radius 3 is 2.42 bits per heavy atom. The topological polar surface area (TPSA) is 136 Å². The van der Waals surface area contributed by atoms with Crippen molar-refractivity contribution in [2.45, 2.75) is 6.54 Å². The molecule has 0 radical (unpaired) electrons. The van der Waals surface area contributed by atoms with Crippen molar-refractivity contribution in [2.75, 3.05) is 18.6 Å². The van der Waals surface area contributed by atoms with E-state index in [4.69, 9.17) is 8.92 Å². The maximum absolute atomic E-state index is 12.2. The molecular formula is C22H22N4O6S. The molecule has 10 nitrogen and oxygen atoms in total. The van der Waals surface area contributed by atoms with Gasteiger partial charge in [-0.05, 0) is 35.9 Å². The zero-order valence-corrected chi connectivity index (χ0v) is 18.7. The molecule has 0 unspecified atom stereocenters. The Morgan fingerprint density at radius 1 is 0.970 bits per heavy atom. The zero-order chi connectivity index (χ0) is 23.8.